The van der Waals surface area contributed by atoms with Crippen LogP contribution in [0, 0.1) is 5.92 Å². The first-order valence-corrected chi connectivity index (χ1v) is 6.04. The van der Waals surface area contributed by atoms with Crippen LogP contribution in [0.25, 0.3) is 0 Å². The Morgan fingerprint density at radius 2 is 2.06 bits per heavy atom. The molecular formula is C11H19N3O2. The average Bonchev–Trinajstić information content (AvgIpc) is 2.99. The normalized spacial score (nSPS) is 24.3. The predicted molar refractivity (Wildman–Crippen MR) is 59.9 cm³/mol. The van der Waals surface area contributed by atoms with Gasteiger partial charge in [0.05, 0.1) is 0 Å². The van der Waals surface area contributed by atoms with Crippen LogP contribution in [0.3, 0.4) is 0 Å². The van der Waals surface area contributed by atoms with Gasteiger partial charge in [0, 0.05) is 31.6 Å². The summed E-state index contributed by atoms with van der Waals surface area (Å²) in [6.07, 6.45) is 2.96. The van der Waals surface area contributed by atoms with Gasteiger partial charge in [-0.3, -0.25) is 4.79 Å². The Morgan fingerprint density at radius 3 is 2.69 bits per heavy atom. The van der Waals surface area contributed by atoms with Gasteiger partial charge in [0.25, 0.3) is 0 Å². The van der Waals surface area contributed by atoms with Crippen molar-refractivity contribution in [3.63, 3.8) is 0 Å². The molecule has 2 N–H and O–H groups in total. The minimum absolute atomic E-state index is 0.120. The molecule has 0 aromatic rings. The first-order valence-electron chi connectivity index (χ1n) is 6.04. The third kappa shape index (κ3) is 2.65. The fraction of sp³-hybridized carbons (Fsp3) is 0.818. The molecule has 5 heteroatoms. The van der Waals surface area contributed by atoms with E-state index in [-0.39, 0.29) is 23.9 Å². The number of carbonyl (C=O) groups is 2. The van der Waals surface area contributed by atoms with E-state index in [0.717, 1.165) is 25.8 Å². The minimum atomic E-state index is -0.131. The third-order valence-corrected chi connectivity index (χ3v) is 3.10. The number of urea groups is 1. The molecule has 2 aliphatic rings. The number of hydrogen-bond acceptors (Lipinski definition) is 2. The summed E-state index contributed by atoms with van der Waals surface area (Å²) < 4.78 is 0. The van der Waals surface area contributed by atoms with Crippen molar-refractivity contribution >= 4 is 11.9 Å². The van der Waals surface area contributed by atoms with Gasteiger partial charge in [0.15, 0.2) is 0 Å². The molecule has 5 nitrogen and oxygen atoms in total. The van der Waals surface area contributed by atoms with E-state index in [1.807, 2.05) is 11.8 Å². The third-order valence-electron chi connectivity index (χ3n) is 3.10. The van der Waals surface area contributed by atoms with Crippen LogP contribution < -0.4 is 10.6 Å². The molecule has 90 valence electrons. The van der Waals surface area contributed by atoms with Crippen molar-refractivity contribution in [2.75, 3.05) is 19.6 Å². The summed E-state index contributed by atoms with van der Waals surface area (Å²) in [5.74, 6) is 0.559. The van der Waals surface area contributed by atoms with E-state index in [4.69, 9.17) is 0 Å². The Hall–Kier alpha value is -1.26. The van der Waals surface area contributed by atoms with Crippen molar-refractivity contribution in [2.24, 2.45) is 5.92 Å². The SMILES string of the molecule is CCNC(=O)NC1CCN(C(=O)C2CC2)C1. The molecule has 1 aliphatic heterocycles. The summed E-state index contributed by atoms with van der Waals surface area (Å²) in [5, 5.41) is 5.58. The molecule has 1 atom stereocenters. The number of likely N-dealkylation sites (tertiary alicyclic amines) is 1. The molecule has 1 aliphatic carbocycles. The molecule has 3 amide bonds. The summed E-state index contributed by atoms with van der Waals surface area (Å²) in [6, 6.07) is -0.0116. The number of nitrogens with one attached hydrogen (secondary N) is 2. The zero-order valence-electron chi connectivity index (χ0n) is 9.66. The van der Waals surface area contributed by atoms with Crippen LogP contribution >= 0.6 is 0 Å². The van der Waals surface area contributed by atoms with Crippen LogP contribution in [0.2, 0.25) is 0 Å². The first-order chi connectivity index (χ1) is 7.70. The lowest BCUT2D eigenvalue weighted by Crippen LogP contribution is -2.43. The smallest absolute Gasteiger partial charge is 0.315 e. The maximum atomic E-state index is 11.8. The number of nitrogens with zero attached hydrogens (tertiary/aromatic N) is 1. The highest BCUT2D eigenvalue weighted by Crippen LogP contribution is 2.32. The van der Waals surface area contributed by atoms with Gasteiger partial charge in [0.1, 0.15) is 0 Å². The van der Waals surface area contributed by atoms with E-state index >= 15 is 0 Å². The largest absolute Gasteiger partial charge is 0.340 e. The summed E-state index contributed by atoms with van der Waals surface area (Å²) in [4.78, 5) is 24.9. The molecule has 1 saturated heterocycles. The highest BCUT2D eigenvalue weighted by atomic mass is 16.2. The van der Waals surface area contributed by atoms with Crippen LogP contribution in [0.15, 0.2) is 0 Å². The Morgan fingerprint density at radius 1 is 1.31 bits per heavy atom. The van der Waals surface area contributed by atoms with E-state index in [2.05, 4.69) is 10.6 Å². The van der Waals surface area contributed by atoms with Crippen molar-refractivity contribution in [3.05, 3.63) is 0 Å². The summed E-state index contributed by atoms with van der Waals surface area (Å²) in [6.45, 7) is 3.97. The van der Waals surface area contributed by atoms with Gasteiger partial charge in [-0.05, 0) is 26.2 Å². The number of carbonyl (C=O) groups excluding carboxylic acids is 2. The quantitative estimate of drug-likeness (QED) is 0.726. The van der Waals surface area contributed by atoms with E-state index < -0.39 is 0 Å². The molecule has 1 saturated carbocycles. The van der Waals surface area contributed by atoms with Gasteiger partial charge in [-0.25, -0.2) is 4.79 Å². The van der Waals surface area contributed by atoms with Crippen LogP contribution in [0.5, 0.6) is 0 Å². The standard InChI is InChI=1S/C11H19N3O2/c1-2-12-11(16)13-9-5-6-14(7-9)10(15)8-3-4-8/h8-9H,2-7H2,1H3,(H2,12,13,16). The van der Waals surface area contributed by atoms with Gasteiger partial charge in [-0.2, -0.15) is 0 Å². The lowest BCUT2D eigenvalue weighted by molar-refractivity contribution is -0.131. The maximum absolute atomic E-state index is 11.8. The van der Waals surface area contributed by atoms with Crippen molar-refractivity contribution in [1.29, 1.82) is 0 Å². The van der Waals surface area contributed by atoms with E-state index in [9.17, 15) is 9.59 Å². The molecule has 1 unspecified atom stereocenters. The van der Waals surface area contributed by atoms with Gasteiger partial charge in [-0.1, -0.05) is 0 Å². The van der Waals surface area contributed by atoms with Crippen molar-refractivity contribution in [2.45, 2.75) is 32.2 Å². The zero-order chi connectivity index (χ0) is 11.5. The molecule has 16 heavy (non-hydrogen) atoms. The molecule has 0 aromatic carbocycles. The van der Waals surface area contributed by atoms with Crippen LogP contribution in [-0.4, -0.2) is 42.5 Å². The van der Waals surface area contributed by atoms with Crippen molar-refractivity contribution in [3.8, 4) is 0 Å². The van der Waals surface area contributed by atoms with Crippen molar-refractivity contribution < 1.29 is 9.59 Å². The number of amides is 3. The summed E-state index contributed by atoms with van der Waals surface area (Å²) in [5.41, 5.74) is 0. The Bertz CT molecular complexity index is 289. The van der Waals surface area contributed by atoms with E-state index in [1.54, 1.807) is 0 Å². The Kier molecular flexibility index (Phi) is 3.31. The molecule has 0 spiro atoms. The molecule has 0 aromatic heterocycles. The van der Waals surface area contributed by atoms with E-state index in [0.29, 0.717) is 13.1 Å². The Balaban J connectivity index is 1.74. The van der Waals surface area contributed by atoms with E-state index in [1.165, 1.54) is 0 Å². The van der Waals surface area contributed by atoms with Gasteiger partial charge in [0.2, 0.25) is 5.91 Å². The minimum Gasteiger partial charge on any atom is -0.340 e. The second kappa shape index (κ2) is 4.72. The molecule has 0 bridgehead atoms. The van der Waals surface area contributed by atoms with Crippen LogP contribution in [0.4, 0.5) is 4.79 Å². The van der Waals surface area contributed by atoms with Crippen LogP contribution in [-0.2, 0) is 4.79 Å². The number of rotatable bonds is 3. The van der Waals surface area contributed by atoms with Gasteiger partial charge >= 0.3 is 6.03 Å². The summed E-state index contributed by atoms with van der Waals surface area (Å²) >= 11 is 0. The van der Waals surface area contributed by atoms with Crippen molar-refractivity contribution in [1.82, 2.24) is 15.5 Å². The van der Waals surface area contributed by atoms with Crippen LogP contribution in [0.1, 0.15) is 26.2 Å². The highest BCUT2D eigenvalue weighted by Gasteiger charge is 2.36. The molecule has 0 radical (unpaired) electrons. The van der Waals surface area contributed by atoms with Gasteiger partial charge in [-0.15, -0.1) is 0 Å². The fourth-order valence-corrected chi connectivity index (χ4v) is 2.06. The lowest BCUT2D eigenvalue weighted by Gasteiger charge is -2.16. The first kappa shape index (κ1) is 11.2. The fourth-order valence-electron chi connectivity index (χ4n) is 2.06. The second-order valence-corrected chi connectivity index (χ2v) is 4.55. The predicted octanol–water partition coefficient (Wildman–Crippen LogP) is 0.316. The zero-order valence-corrected chi connectivity index (χ0v) is 9.66. The maximum Gasteiger partial charge on any atom is 0.315 e. The number of hydrogen-bond donors (Lipinski definition) is 2. The lowest BCUT2D eigenvalue weighted by atomic mass is 10.3. The molecular weight excluding hydrogens is 206 g/mol. The Labute approximate surface area is 95.6 Å². The molecule has 2 rings (SSSR count). The average molecular weight is 225 g/mol. The van der Waals surface area contributed by atoms with Gasteiger partial charge < -0.3 is 15.5 Å². The second-order valence-electron chi connectivity index (χ2n) is 4.55. The topological polar surface area (TPSA) is 61.4 Å². The molecule has 1 heterocycles. The highest BCUT2D eigenvalue weighted by molar-refractivity contribution is 5.81. The summed E-state index contributed by atoms with van der Waals surface area (Å²) in [7, 11) is 0. The monoisotopic (exact) mass is 225 g/mol. The molecule has 2 fully saturated rings.